The molecule has 0 radical (unpaired) electrons. The summed E-state index contributed by atoms with van der Waals surface area (Å²) in [6.07, 6.45) is 2.05. The van der Waals surface area contributed by atoms with Crippen molar-refractivity contribution in [3.63, 3.8) is 0 Å². The standard InChI is InChI=1S/C25H32BN3O6/c1-17-7-5-10-19(13-17)14-21(28-25(32)35-16-18-8-3-2-4-9-18)24(31)27-15-22(30)29-23(26(33)34)20-11-6-12-20/h2-5,7-10,13,20-21,23,33-34H,6,11-12,14-16H2,1H3,(H,27,31)(H,28,32)(H,29,30). The van der Waals surface area contributed by atoms with Gasteiger partial charge in [0.15, 0.2) is 0 Å². The molecular formula is C25H32BN3O6. The molecule has 186 valence electrons. The van der Waals surface area contributed by atoms with Gasteiger partial charge in [-0.05, 0) is 36.8 Å². The number of hydrogen-bond donors (Lipinski definition) is 5. The van der Waals surface area contributed by atoms with Crippen LogP contribution in [0.5, 0.6) is 0 Å². The lowest BCUT2D eigenvalue weighted by Gasteiger charge is -2.33. The Hall–Kier alpha value is -3.37. The van der Waals surface area contributed by atoms with E-state index in [0.717, 1.165) is 36.0 Å². The molecule has 0 bridgehead atoms. The number of ether oxygens (including phenoxy) is 1. The van der Waals surface area contributed by atoms with E-state index in [1.54, 1.807) is 0 Å². The third-order valence-corrected chi connectivity index (χ3v) is 6.07. The highest BCUT2D eigenvalue weighted by atomic mass is 16.5. The Morgan fingerprint density at radius 1 is 1.03 bits per heavy atom. The molecule has 35 heavy (non-hydrogen) atoms. The minimum absolute atomic E-state index is 0.00442. The van der Waals surface area contributed by atoms with Crippen molar-refractivity contribution in [3.8, 4) is 0 Å². The van der Waals surface area contributed by atoms with E-state index in [1.165, 1.54) is 0 Å². The molecule has 0 saturated heterocycles. The Labute approximate surface area is 205 Å². The summed E-state index contributed by atoms with van der Waals surface area (Å²) < 4.78 is 5.25. The van der Waals surface area contributed by atoms with Gasteiger partial charge in [-0.1, -0.05) is 66.6 Å². The average molecular weight is 481 g/mol. The zero-order valence-corrected chi connectivity index (χ0v) is 19.8. The second-order valence-electron chi connectivity index (χ2n) is 8.87. The first-order chi connectivity index (χ1) is 16.8. The maximum atomic E-state index is 12.9. The van der Waals surface area contributed by atoms with Crippen LogP contribution in [-0.4, -0.2) is 53.6 Å². The van der Waals surface area contributed by atoms with E-state index in [4.69, 9.17) is 4.74 Å². The van der Waals surface area contributed by atoms with Gasteiger partial charge in [-0.25, -0.2) is 4.79 Å². The molecule has 2 atom stereocenters. The van der Waals surface area contributed by atoms with E-state index in [0.29, 0.717) is 0 Å². The topological polar surface area (TPSA) is 137 Å². The molecule has 0 spiro atoms. The van der Waals surface area contributed by atoms with Gasteiger partial charge in [-0.2, -0.15) is 0 Å². The van der Waals surface area contributed by atoms with Gasteiger partial charge in [0.2, 0.25) is 11.8 Å². The summed E-state index contributed by atoms with van der Waals surface area (Å²) >= 11 is 0. The second kappa shape index (κ2) is 12.9. The highest BCUT2D eigenvalue weighted by Gasteiger charge is 2.36. The highest BCUT2D eigenvalue weighted by molar-refractivity contribution is 6.43. The molecule has 1 saturated carbocycles. The number of carbonyl (C=O) groups excluding carboxylic acids is 3. The van der Waals surface area contributed by atoms with Gasteiger partial charge < -0.3 is 30.7 Å². The first-order valence-electron chi connectivity index (χ1n) is 11.8. The van der Waals surface area contributed by atoms with Gasteiger partial charge in [0.25, 0.3) is 0 Å². The van der Waals surface area contributed by atoms with Crippen molar-refractivity contribution in [1.29, 1.82) is 0 Å². The molecule has 2 unspecified atom stereocenters. The summed E-state index contributed by atoms with van der Waals surface area (Å²) in [6, 6.07) is 15.8. The maximum Gasteiger partial charge on any atom is 0.475 e. The number of alkyl carbamates (subject to hydrolysis) is 1. The third-order valence-electron chi connectivity index (χ3n) is 6.07. The van der Waals surface area contributed by atoms with Crippen LogP contribution in [0, 0.1) is 12.8 Å². The van der Waals surface area contributed by atoms with E-state index in [9.17, 15) is 24.4 Å². The van der Waals surface area contributed by atoms with Crippen LogP contribution in [0.25, 0.3) is 0 Å². The fourth-order valence-corrected chi connectivity index (χ4v) is 3.95. The zero-order valence-electron chi connectivity index (χ0n) is 19.8. The van der Waals surface area contributed by atoms with Gasteiger partial charge in [0.1, 0.15) is 12.6 Å². The van der Waals surface area contributed by atoms with Crippen LogP contribution in [0.1, 0.15) is 36.0 Å². The van der Waals surface area contributed by atoms with Crippen LogP contribution in [0.15, 0.2) is 54.6 Å². The number of benzene rings is 2. The number of amides is 3. The molecule has 2 aromatic carbocycles. The van der Waals surface area contributed by atoms with Gasteiger partial charge in [0, 0.05) is 6.42 Å². The summed E-state index contributed by atoms with van der Waals surface area (Å²) in [6.45, 7) is 1.62. The average Bonchev–Trinajstić information content (AvgIpc) is 2.80. The number of nitrogens with one attached hydrogen (secondary N) is 3. The zero-order chi connectivity index (χ0) is 25.2. The summed E-state index contributed by atoms with van der Waals surface area (Å²) in [5.74, 6) is -1.86. The van der Waals surface area contributed by atoms with Crippen molar-refractivity contribution < 1.29 is 29.2 Å². The van der Waals surface area contributed by atoms with Crippen molar-refractivity contribution in [2.75, 3.05) is 6.54 Å². The number of carbonyl (C=O) groups is 3. The van der Waals surface area contributed by atoms with Crippen molar-refractivity contribution in [1.82, 2.24) is 16.0 Å². The predicted octanol–water partition coefficient (Wildman–Crippen LogP) is 1.25. The summed E-state index contributed by atoms with van der Waals surface area (Å²) in [5, 5.41) is 26.8. The van der Waals surface area contributed by atoms with Crippen LogP contribution >= 0.6 is 0 Å². The molecule has 3 rings (SSSR count). The molecule has 10 heteroatoms. The molecule has 9 nitrogen and oxygen atoms in total. The molecule has 1 fully saturated rings. The minimum atomic E-state index is -1.67. The predicted molar refractivity (Wildman–Crippen MR) is 131 cm³/mol. The Morgan fingerprint density at radius 2 is 1.74 bits per heavy atom. The lowest BCUT2D eigenvalue weighted by atomic mass is 9.64. The number of hydrogen-bond acceptors (Lipinski definition) is 6. The van der Waals surface area contributed by atoms with Crippen LogP contribution in [0.3, 0.4) is 0 Å². The van der Waals surface area contributed by atoms with E-state index in [2.05, 4.69) is 16.0 Å². The molecule has 5 N–H and O–H groups in total. The number of rotatable bonds is 11. The van der Waals surface area contributed by atoms with E-state index >= 15 is 0 Å². The summed E-state index contributed by atoms with van der Waals surface area (Å²) in [4.78, 5) is 37.7. The van der Waals surface area contributed by atoms with Gasteiger partial charge in [-0.3, -0.25) is 9.59 Å². The van der Waals surface area contributed by atoms with Crippen LogP contribution in [-0.2, 0) is 27.4 Å². The number of aryl methyl sites for hydroxylation is 1. The Kier molecular flexibility index (Phi) is 9.69. The van der Waals surface area contributed by atoms with Crippen molar-refractivity contribution in [2.45, 2.75) is 51.2 Å². The minimum Gasteiger partial charge on any atom is -0.445 e. The van der Waals surface area contributed by atoms with Crippen molar-refractivity contribution in [3.05, 3.63) is 71.3 Å². The van der Waals surface area contributed by atoms with Gasteiger partial charge in [-0.15, -0.1) is 0 Å². The lowest BCUT2D eigenvalue weighted by molar-refractivity contribution is -0.127. The third kappa shape index (κ3) is 8.42. The normalized spacial score (nSPS) is 14.7. The lowest BCUT2D eigenvalue weighted by Crippen LogP contribution is -2.56. The van der Waals surface area contributed by atoms with Crippen LogP contribution in [0.4, 0.5) is 4.79 Å². The first-order valence-corrected chi connectivity index (χ1v) is 11.8. The highest BCUT2D eigenvalue weighted by Crippen LogP contribution is 2.29. The Balaban J connectivity index is 1.58. The summed E-state index contributed by atoms with van der Waals surface area (Å²) in [5.41, 5.74) is 2.66. The monoisotopic (exact) mass is 481 g/mol. The summed E-state index contributed by atoms with van der Waals surface area (Å²) in [7, 11) is -1.67. The Morgan fingerprint density at radius 3 is 2.37 bits per heavy atom. The first kappa shape index (κ1) is 26.2. The molecule has 2 aromatic rings. The molecule has 0 heterocycles. The fraction of sp³-hybridized carbons (Fsp3) is 0.400. The second-order valence-corrected chi connectivity index (χ2v) is 8.87. The van der Waals surface area contributed by atoms with Gasteiger partial charge >= 0.3 is 13.2 Å². The van der Waals surface area contributed by atoms with Crippen LogP contribution < -0.4 is 16.0 Å². The van der Waals surface area contributed by atoms with Crippen LogP contribution in [0.2, 0.25) is 0 Å². The molecule has 3 amide bonds. The fourth-order valence-electron chi connectivity index (χ4n) is 3.95. The molecule has 0 aliphatic heterocycles. The van der Waals surface area contributed by atoms with E-state index < -0.39 is 37.0 Å². The van der Waals surface area contributed by atoms with Gasteiger partial charge in [0.05, 0.1) is 12.5 Å². The Bertz CT molecular complexity index is 1000. The SMILES string of the molecule is Cc1cccc(CC(NC(=O)OCc2ccccc2)C(=O)NCC(=O)NC(B(O)O)C2CCC2)c1. The quantitative estimate of drug-likeness (QED) is 0.307. The van der Waals surface area contributed by atoms with Crippen molar-refractivity contribution in [2.24, 2.45) is 5.92 Å². The smallest absolute Gasteiger partial charge is 0.445 e. The molecule has 0 aromatic heterocycles. The van der Waals surface area contributed by atoms with E-state index in [1.807, 2.05) is 61.5 Å². The molecule has 1 aliphatic carbocycles. The van der Waals surface area contributed by atoms with Crippen molar-refractivity contribution >= 4 is 25.0 Å². The molecular weight excluding hydrogens is 449 g/mol. The maximum absolute atomic E-state index is 12.9. The molecule has 1 aliphatic rings. The largest absolute Gasteiger partial charge is 0.475 e. The van der Waals surface area contributed by atoms with E-state index in [-0.39, 0.29) is 25.5 Å².